The molecule has 1 N–H and O–H groups in total. The number of ether oxygens (including phenoxy) is 2. The van der Waals surface area contributed by atoms with E-state index < -0.39 is 6.10 Å². The highest BCUT2D eigenvalue weighted by Gasteiger charge is 2.14. The van der Waals surface area contributed by atoms with E-state index in [0.717, 1.165) is 5.56 Å². The van der Waals surface area contributed by atoms with Gasteiger partial charge in [-0.2, -0.15) is 0 Å². The van der Waals surface area contributed by atoms with E-state index >= 15 is 0 Å². The summed E-state index contributed by atoms with van der Waals surface area (Å²) in [5.41, 5.74) is 1.43. The van der Waals surface area contributed by atoms with Gasteiger partial charge >= 0.3 is 5.97 Å². The Morgan fingerprint density at radius 3 is 2.68 bits per heavy atom. The summed E-state index contributed by atoms with van der Waals surface area (Å²) in [5.74, 6) is -0.346. The van der Waals surface area contributed by atoms with Crippen LogP contribution in [0.3, 0.4) is 0 Å². The largest absolute Gasteiger partial charge is 0.465 e. The van der Waals surface area contributed by atoms with Crippen molar-refractivity contribution in [3.8, 4) is 0 Å². The van der Waals surface area contributed by atoms with Crippen molar-refractivity contribution in [1.82, 2.24) is 4.90 Å². The lowest BCUT2D eigenvalue weighted by molar-refractivity contribution is 0.0417. The fourth-order valence-corrected chi connectivity index (χ4v) is 1.93. The van der Waals surface area contributed by atoms with E-state index in [4.69, 9.17) is 9.47 Å². The van der Waals surface area contributed by atoms with Crippen LogP contribution in [0.5, 0.6) is 0 Å². The smallest absolute Gasteiger partial charge is 0.338 e. The Morgan fingerprint density at radius 1 is 1.37 bits per heavy atom. The highest BCUT2D eigenvalue weighted by Crippen LogP contribution is 2.12. The van der Waals surface area contributed by atoms with Gasteiger partial charge in [0.1, 0.15) is 0 Å². The molecule has 0 heterocycles. The van der Waals surface area contributed by atoms with E-state index in [2.05, 4.69) is 0 Å². The van der Waals surface area contributed by atoms with Crippen LogP contribution in [0, 0.1) is 0 Å². The van der Waals surface area contributed by atoms with Crippen LogP contribution in [0.4, 0.5) is 0 Å². The van der Waals surface area contributed by atoms with Gasteiger partial charge in [-0.25, -0.2) is 4.79 Å². The Morgan fingerprint density at radius 2 is 2.05 bits per heavy atom. The van der Waals surface area contributed by atoms with Crippen molar-refractivity contribution in [3.63, 3.8) is 0 Å². The number of hydrogen-bond donors (Lipinski definition) is 1. The summed E-state index contributed by atoms with van der Waals surface area (Å²) in [6.45, 7) is 1.33. The van der Waals surface area contributed by atoms with E-state index in [1.807, 2.05) is 24.1 Å². The first kappa shape index (κ1) is 15.6. The predicted molar refractivity (Wildman–Crippen MR) is 72.0 cm³/mol. The molecule has 0 spiro atoms. The molecule has 1 rings (SSSR count). The van der Waals surface area contributed by atoms with Crippen LogP contribution in [0.25, 0.3) is 0 Å². The average Bonchev–Trinajstić information content (AvgIpc) is 2.38. The van der Waals surface area contributed by atoms with Gasteiger partial charge in [0.15, 0.2) is 0 Å². The summed E-state index contributed by atoms with van der Waals surface area (Å²) in [7, 11) is 4.80. The van der Waals surface area contributed by atoms with Crippen molar-refractivity contribution < 1.29 is 19.4 Å². The van der Waals surface area contributed by atoms with Crippen LogP contribution in [0.2, 0.25) is 0 Å². The van der Waals surface area contributed by atoms with Crippen LogP contribution < -0.4 is 0 Å². The third-order valence-electron chi connectivity index (χ3n) is 2.74. The molecule has 106 valence electrons. The molecule has 1 aromatic carbocycles. The zero-order chi connectivity index (χ0) is 14.3. The highest BCUT2D eigenvalue weighted by molar-refractivity contribution is 5.90. The van der Waals surface area contributed by atoms with Gasteiger partial charge in [-0.15, -0.1) is 0 Å². The van der Waals surface area contributed by atoms with Gasteiger partial charge in [0.2, 0.25) is 0 Å². The SMILES string of the molecule is COCC(O)CN(C)Cc1ccccc1C(=O)OC. The molecule has 0 aliphatic carbocycles. The van der Waals surface area contributed by atoms with Gasteiger partial charge in [-0.1, -0.05) is 18.2 Å². The quantitative estimate of drug-likeness (QED) is 0.744. The molecule has 0 saturated carbocycles. The Balaban J connectivity index is 2.68. The molecule has 19 heavy (non-hydrogen) atoms. The van der Waals surface area contributed by atoms with Crippen molar-refractivity contribution in [3.05, 3.63) is 35.4 Å². The third-order valence-corrected chi connectivity index (χ3v) is 2.74. The predicted octanol–water partition coefficient (Wildman–Crippen LogP) is 0.912. The number of nitrogens with zero attached hydrogens (tertiary/aromatic N) is 1. The zero-order valence-electron chi connectivity index (χ0n) is 11.6. The number of esters is 1. The van der Waals surface area contributed by atoms with E-state index in [1.54, 1.807) is 19.2 Å². The van der Waals surface area contributed by atoms with Crippen LogP contribution in [0.1, 0.15) is 15.9 Å². The summed E-state index contributed by atoms with van der Waals surface area (Å²) >= 11 is 0. The molecule has 1 atom stereocenters. The minimum atomic E-state index is -0.541. The molecule has 0 fully saturated rings. The van der Waals surface area contributed by atoms with Crippen molar-refractivity contribution in [2.75, 3.05) is 34.4 Å². The number of carbonyl (C=O) groups is 1. The molecule has 1 unspecified atom stereocenters. The minimum absolute atomic E-state index is 0.295. The third kappa shape index (κ3) is 4.98. The van der Waals surface area contributed by atoms with Gasteiger partial charge < -0.3 is 14.6 Å². The number of likely N-dealkylation sites (N-methyl/N-ethyl adjacent to an activating group) is 1. The first-order valence-electron chi connectivity index (χ1n) is 6.10. The lowest BCUT2D eigenvalue weighted by Gasteiger charge is -2.21. The first-order valence-corrected chi connectivity index (χ1v) is 6.10. The standard InChI is InChI=1S/C14H21NO4/c1-15(9-12(16)10-18-2)8-11-6-4-5-7-13(11)14(17)19-3/h4-7,12,16H,8-10H2,1-3H3. The number of aliphatic hydroxyl groups excluding tert-OH is 1. The van der Waals surface area contributed by atoms with Gasteiger partial charge in [-0.3, -0.25) is 4.90 Å². The minimum Gasteiger partial charge on any atom is -0.465 e. The molecule has 0 radical (unpaired) electrons. The van der Waals surface area contributed by atoms with E-state index in [9.17, 15) is 9.90 Å². The normalized spacial score (nSPS) is 12.5. The second-order valence-corrected chi connectivity index (χ2v) is 4.45. The fourth-order valence-electron chi connectivity index (χ4n) is 1.93. The summed E-state index contributed by atoms with van der Waals surface area (Å²) in [5, 5.41) is 9.66. The maximum absolute atomic E-state index is 11.6. The Labute approximate surface area is 113 Å². The molecule has 5 heteroatoms. The lowest BCUT2D eigenvalue weighted by atomic mass is 10.1. The summed E-state index contributed by atoms with van der Waals surface area (Å²) < 4.78 is 9.63. The average molecular weight is 267 g/mol. The second-order valence-electron chi connectivity index (χ2n) is 4.45. The lowest BCUT2D eigenvalue weighted by Crippen LogP contribution is -2.32. The Bertz CT molecular complexity index is 408. The van der Waals surface area contributed by atoms with Gasteiger partial charge in [0.25, 0.3) is 0 Å². The fraction of sp³-hybridized carbons (Fsp3) is 0.500. The monoisotopic (exact) mass is 267 g/mol. The van der Waals surface area contributed by atoms with Crippen LogP contribution in [0.15, 0.2) is 24.3 Å². The van der Waals surface area contributed by atoms with E-state index in [1.165, 1.54) is 7.11 Å². The molecule has 0 saturated heterocycles. The van der Waals surface area contributed by atoms with Gasteiger partial charge in [0, 0.05) is 20.2 Å². The molecule has 0 aliphatic heterocycles. The second kappa shape index (κ2) is 7.89. The number of benzene rings is 1. The van der Waals surface area contributed by atoms with Crippen molar-refractivity contribution in [2.24, 2.45) is 0 Å². The molecule has 0 bridgehead atoms. The maximum Gasteiger partial charge on any atom is 0.338 e. The highest BCUT2D eigenvalue weighted by atomic mass is 16.5. The van der Waals surface area contributed by atoms with Crippen molar-refractivity contribution >= 4 is 5.97 Å². The number of hydrogen-bond acceptors (Lipinski definition) is 5. The summed E-state index contributed by atoms with van der Waals surface area (Å²) in [4.78, 5) is 13.6. The number of aliphatic hydroxyl groups is 1. The van der Waals surface area contributed by atoms with Gasteiger partial charge in [0.05, 0.1) is 25.4 Å². The molecule has 0 amide bonds. The topological polar surface area (TPSA) is 59.0 Å². The molecular weight excluding hydrogens is 246 g/mol. The van der Waals surface area contributed by atoms with Crippen LogP contribution >= 0.6 is 0 Å². The molecule has 5 nitrogen and oxygen atoms in total. The Hall–Kier alpha value is -1.43. The summed E-state index contributed by atoms with van der Waals surface area (Å²) in [6, 6.07) is 7.29. The van der Waals surface area contributed by atoms with Gasteiger partial charge in [-0.05, 0) is 18.7 Å². The van der Waals surface area contributed by atoms with E-state index in [-0.39, 0.29) is 5.97 Å². The number of rotatable bonds is 7. The van der Waals surface area contributed by atoms with Crippen molar-refractivity contribution in [1.29, 1.82) is 0 Å². The number of carbonyl (C=O) groups excluding carboxylic acids is 1. The molecular formula is C14H21NO4. The van der Waals surface area contributed by atoms with Crippen LogP contribution in [-0.4, -0.2) is 56.5 Å². The Kier molecular flexibility index (Phi) is 6.49. The van der Waals surface area contributed by atoms with E-state index in [0.29, 0.717) is 25.3 Å². The zero-order valence-corrected chi connectivity index (χ0v) is 11.6. The molecule has 0 aromatic heterocycles. The van der Waals surface area contributed by atoms with Crippen LogP contribution in [-0.2, 0) is 16.0 Å². The molecule has 1 aromatic rings. The summed E-state index contributed by atoms with van der Waals surface area (Å²) in [6.07, 6.45) is -0.541. The maximum atomic E-state index is 11.6. The molecule has 0 aliphatic rings. The first-order chi connectivity index (χ1) is 9.08. The van der Waals surface area contributed by atoms with Crippen molar-refractivity contribution in [2.45, 2.75) is 12.6 Å². The number of methoxy groups -OCH3 is 2.